The molecule has 1 amide bonds. The molecule has 0 radical (unpaired) electrons. The second-order valence-electron chi connectivity index (χ2n) is 7.54. The molecule has 33 heavy (non-hydrogen) atoms. The Morgan fingerprint density at radius 3 is 2.27 bits per heavy atom. The Balaban J connectivity index is 1.39. The van der Waals surface area contributed by atoms with Gasteiger partial charge in [0.15, 0.2) is 5.69 Å². The molecule has 162 valence electrons. The lowest BCUT2D eigenvalue weighted by Gasteiger charge is -2.11. The second kappa shape index (κ2) is 8.88. The molecule has 0 saturated heterocycles. The molecule has 8 nitrogen and oxygen atoms in total. The zero-order valence-corrected chi connectivity index (χ0v) is 17.6. The summed E-state index contributed by atoms with van der Waals surface area (Å²) in [7, 11) is 0. The molecule has 0 bridgehead atoms. The van der Waals surface area contributed by atoms with E-state index >= 15 is 0 Å². The number of carbonyl (C=O) groups is 1. The van der Waals surface area contributed by atoms with Crippen molar-refractivity contribution in [2.24, 2.45) is 0 Å². The number of para-hydroxylation sites is 1. The van der Waals surface area contributed by atoms with Crippen LogP contribution in [0.5, 0.6) is 0 Å². The van der Waals surface area contributed by atoms with E-state index < -0.39 is 0 Å². The maximum atomic E-state index is 13.1. The first kappa shape index (κ1) is 20.3. The third-order valence-electron chi connectivity index (χ3n) is 5.31. The van der Waals surface area contributed by atoms with Gasteiger partial charge in [-0.25, -0.2) is 9.67 Å². The van der Waals surface area contributed by atoms with Crippen LogP contribution in [-0.4, -0.2) is 30.5 Å². The van der Waals surface area contributed by atoms with Crippen molar-refractivity contribution in [3.63, 3.8) is 0 Å². The average molecular weight is 436 g/mol. The first-order valence-electron chi connectivity index (χ1n) is 10.4. The highest BCUT2D eigenvalue weighted by Gasteiger charge is 2.17. The van der Waals surface area contributed by atoms with Crippen LogP contribution < -0.4 is 10.9 Å². The Bertz CT molecular complexity index is 1460. The molecule has 0 fully saturated rings. The number of aromatic nitrogens is 5. The van der Waals surface area contributed by atoms with E-state index in [0.29, 0.717) is 29.5 Å². The fraction of sp³-hybridized carbons (Fsp3) is 0.0800. The van der Waals surface area contributed by atoms with E-state index in [4.69, 9.17) is 0 Å². The molecular formula is C25H20N6O2. The minimum atomic E-state index is -0.345. The Kier molecular flexibility index (Phi) is 5.47. The SMILES string of the molecule is O=C(NCc1ccc(Cn2cncn2)cc1)c1nn(-c2ccccc2)c(=O)c2ccccc12. The fourth-order valence-electron chi connectivity index (χ4n) is 3.63. The molecule has 0 spiro atoms. The average Bonchev–Trinajstić information content (AvgIpc) is 3.37. The number of nitrogens with zero attached hydrogens (tertiary/aromatic N) is 5. The van der Waals surface area contributed by atoms with Gasteiger partial charge >= 0.3 is 0 Å². The maximum absolute atomic E-state index is 13.1. The molecule has 0 unspecified atom stereocenters. The van der Waals surface area contributed by atoms with Gasteiger partial charge in [0.1, 0.15) is 12.7 Å². The van der Waals surface area contributed by atoms with E-state index in [2.05, 4.69) is 20.5 Å². The summed E-state index contributed by atoms with van der Waals surface area (Å²) in [5.74, 6) is -0.345. The number of rotatable bonds is 6. The number of benzene rings is 3. The number of hydrogen-bond acceptors (Lipinski definition) is 5. The standard InChI is InChI=1S/C25H20N6O2/c32-24(27-14-18-10-12-19(13-11-18)15-30-17-26-16-28-30)23-21-8-4-5-9-22(21)25(33)31(29-23)20-6-2-1-3-7-20/h1-13,16-17H,14-15H2,(H,27,32). The van der Waals surface area contributed by atoms with E-state index in [1.807, 2.05) is 42.5 Å². The summed E-state index contributed by atoms with van der Waals surface area (Å²) >= 11 is 0. The molecule has 5 aromatic rings. The second-order valence-corrected chi connectivity index (χ2v) is 7.54. The molecule has 3 aromatic carbocycles. The van der Waals surface area contributed by atoms with E-state index in [-0.39, 0.29) is 17.2 Å². The molecule has 0 atom stereocenters. The molecule has 8 heteroatoms. The Morgan fingerprint density at radius 2 is 1.55 bits per heavy atom. The Hall–Kier alpha value is -4.59. The van der Waals surface area contributed by atoms with Crippen LogP contribution in [0, 0.1) is 0 Å². The molecule has 2 aromatic heterocycles. The van der Waals surface area contributed by atoms with Crippen LogP contribution in [0.4, 0.5) is 0 Å². The van der Waals surface area contributed by atoms with Gasteiger partial charge in [-0.3, -0.25) is 9.59 Å². The molecular weight excluding hydrogens is 416 g/mol. The summed E-state index contributed by atoms with van der Waals surface area (Å²) in [6, 6.07) is 24.0. The smallest absolute Gasteiger partial charge is 0.279 e. The summed E-state index contributed by atoms with van der Waals surface area (Å²) in [4.78, 5) is 30.0. The molecule has 1 N–H and O–H groups in total. The highest BCUT2D eigenvalue weighted by atomic mass is 16.2. The van der Waals surface area contributed by atoms with Crippen LogP contribution in [0.25, 0.3) is 16.5 Å². The van der Waals surface area contributed by atoms with Gasteiger partial charge in [-0.05, 0) is 29.3 Å². The van der Waals surface area contributed by atoms with Crippen molar-refractivity contribution in [3.05, 3.63) is 119 Å². The van der Waals surface area contributed by atoms with Crippen LogP contribution in [0.15, 0.2) is 96.3 Å². The molecule has 5 rings (SSSR count). The van der Waals surface area contributed by atoms with E-state index in [9.17, 15) is 9.59 Å². The largest absolute Gasteiger partial charge is 0.347 e. The van der Waals surface area contributed by atoms with Crippen molar-refractivity contribution in [1.29, 1.82) is 0 Å². The zero-order valence-electron chi connectivity index (χ0n) is 17.6. The number of hydrogen-bond donors (Lipinski definition) is 1. The monoisotopic (exact) mass is 436 g/mol. The van der Waals surface area contributed by atoms with Crippen molar-refractivity contribution in [3.8, 4) is 5.69 Å². The summed E-state index contributed by atoms with van der Waals surface area (Å²) in [6.45, 7) is 0.965. The molecule has 0 aliphatic carbocycles. The fourth-order valence-corrected chi connectivity index (χ4v) is 3.63. The number of fused-ring (bicyclic) bond motifs is 1. The lowest BCUT2D eigenvalue weighted by Crippen LogP contribution is -2.29. The van der Waals surface area contributed by atoms with E-state index in [1.54, 1.807) is 47.4 Å². The van der Waals surface area contributed by atoms with Crippen LogP contribution in [0.2, 0.25) is 0 Å². The van der Waals surface area contributed by atoms with Gasteiger partial charge in [0.25, 0.3) is 11.5 Å². The third-order valence-corrected chi connectivity index (χ3v) is 5.31. The summed E-state index contributed by atoms with van der Waals surface area (Å²) < 4.78 is 3.02. The van der Waals surface area contributed by atoms with E-state index in [0.717, 1.165) is 11.1 Å². The van der Waals surface area contributed by atoms with Crippen molar-refractivity contribution < 1.29 is 4.79 Å². The van der Waals surface area contributed by atoms with Crippen LogP contribution >= 0.6 is 0 Å². The molecule has 0 saturated carbocycles. The number of nitrogens with one attached hydrogen (secondary N) is 1. The minimum Gasteiger partial charge on any atom is -0.347 e. The normalized spacial score (nSPS) is 10.9. The van der Waals surface area contributed by atoms with Crippen LogP contribution in [0.3, 0.4) is 0 Å². The van der Waals surface area contributed by atoms with Gasteiger partial charge in [0.05, 0.1) is 17.6 Å². The summed E-state index contributed by atoms with van der Waals surface area (Å²) in [5, 5.41) is 12.4. The highest BCUT2D eigenvalue weighted by molar-refractivity contribution is 6.04. The van der Waals surface area contributed by atoms with Gasteiger partial charge < -0.3 is 5.32 Å². The number of amides is 1. The third kappa shape index (κ3) is 4.27. The zero-order chi connectivity index (χ0) is 22.6. The first-order valence-corrected chi connectivity index (χ1v) is 10.4. The van der Waals surface area contributed by atoms with Crippen molar-refractivity contribution in [2.75, 3.05) is 0 Å². The first-order chi connectivity index (χ1) is 16.2. The van der Waals surface area contributed by atoms with Crippen molar-refractivity contribution in [2.45, 2.75) is 13.1 Å². The minimum absolute atomic E-state index is 0.205. The van der Waals surface area contributed by atoms with Gasteiger partial charge in [-0.15, -0.1) is 0 Å². The maximum Gasteiger partial charge on any atom is 0.279 e. The molecule has 2 heterocycles. The number of carbonyl (C=O) groups excluding carboxylic acids is 1. The summed E-state index contributed by atoms with van der Waals surface area (Å²) in [6.07, 6.45) is 3.17. The van der Waals surface area contributed by atoms with Crippen molar-refractivity contribution >= 4 is 16.7 Å². The van der Waals surface area contributed by atoms with Gasteiger partial charge in [-0.2, -0.15) is 14.9 Å². The predicted molar refractivity (Wildman–Crippen MR) is 124 cm³/mol. The Morgan fingerprint density at radius 1 is 0.848 bits per heavy atom. The topological polar surface area (TPSA) is 94.7 Å². The highest BCUT2D eigenvalue weighted by Crippen LogP contribution is 2.15. The Labute approximate surface area is 189 Å². The molecule has 0 aliphatic heterocycles. The van der Waals surface area contributed by atoms with Gasteiger partial charge in [0, 0.05) is 11.9 Å². The van der Waals surface area contributed by atoms with Gasteiger partial charge in [-0.1, -0.05) is 60.7 Å². The lowest BCUT2D eigenvalue weighted by atomic mass is 10.1. The van der Waals surface area contributed by atoms with Crippen LogP contribution in [-0.2, 0) is 13.1 Å². The quantitative estimate of drug-likeness (QED) is 0.442. The predicted octanol–water partition coefficient (Wildman–Crippen LogP) is 2.96. The molecule has 0 aliphatic rings. The van der Waals surface area contributed by atoms with Crippen LogP contribution in [0.1, 0.15) is 21.6 Å². The summed E-state index contributed by atoms with van der Waals surface area (Å²) in [5.41, 5.74) is 2.57. The van der Waals surface area contributed by atoms with E-state index in [1.165, 1.54) is 11.0 Å². The van der Waals surface area contributed by atoms with Gasteiger partial charge in [0.2, 0.25) is 0 Å². The lowest BCUT2D eigenvalue weighted by molar-refractivity contribution is 0.0946. The van der Waals surface area contributed by atoms with Crippen molar-refractivity contribution in [1.82, 2.24) is 29.9 Å².